The molecular weight excluding hydrogens is 313 g/mol. The van der Waals surface area contributed by atoms with Gasteiger partial charge in [0, 0.05) is 30.2 Å². The first-order chi connectivity index (χ1) is 11.4. The number of benzene rings is 1. The van der Waals surface area contributed by atoms with Crippen molar-refractivity contribution in [3.05, 3.63) is 39.9 Å². The normalized spacial score (nSPS) is 15.5. The van der Waals surface area contributed by atoms with Crippen LogP contribution in [0.3, 0.4) is 0 Å². The second-order valence-corrected chi connectivity index (χ2v) is 6.21. The zero-order valence-corrected chi connectivity index (χ0v) is 13.4. The van der Waals surface area contributed by atoms with Gasteiger partial charge in [0.05, 0.1) is 11.2 Å². The number of nitrogens with zero attached hydrogens (tertiary/aromatic N) is 1. The van der Waals surface area contributed by atoms with Crippen molar-refractivity contribution < 1.29 is 14.3 Å². The Morgan fingerprint density at radius 2 is 2.21 bits per heavy atom. The van der Waals surface area contributed by atoms with Gasteiger partial charge in [-0.05, 0) is 31.4 Å². The van der Waals surface area contributed by atoms with Crippen molar-refractivity contribution in [1.82, 2.24) is 4.57 Å². The van der Waals surface area contributed by atoms with Crippen LogP contribution in [-0.2, 0) is 0 Å². The van der Waals surface area contributed by atoms with E-state index in [0.29, 0.717) is 12.1 Å². The molecule has 1 saturated carbocycles. The van der Waals surface area contributed by atoms with Crippen LogP contribution < -0.4 is 16.5 Å². The fourth-order valence-electron chi connectivity index (χ4n) is 2.70. The summed E-state index contributed by atoms with van der Waals surface area (Å²) in [5.41, 5.74) is 5.66. The van der Waals surface area contributed by atoms with E-state index in [0.717, 1.165) is 25.3 Å². The quantitative estimate of drug-likeness (QED) is 0.754. The maximum Gasteiger partial charge on any atom is 0.341 e. The molecule has 0 radical (unpaired) electrons. The predicted octanol–water partition coefficient (Wildman–Crippen LogP) is 2.32. The van der Waals surface area contributed by atoms with E-state index in [4.69, 9.17) is 5.73 Å². The molecule has 1 aliphatic carbocycles. The van der Waals surface area contributed by atoms with Crippen molar-refractivity contribution in [2.75, 3.05) is 11.9 Å². The maximum absolute atomic E-state index is 14.3. The summed E-state index contributed by atoms with van der Waals surface area (Å²) in [6.45, 7) is 2.36. The number of carboxylic acid groups (broad SMARTS) is 1. The number of halogens is 1. The number of rotatable bonds is 6. The molecular formula is C17H20FN3O3. The van der Waals surface area contributed by atoms with Crippen LogP contribution in [-0.4, -0.2) is 28.2 Å². The van der Waals surface area contributed by atoms with Crippen LogP contribution in [0.15, 0.2) is 23.1 Å². The molecule has 1 heterocycles. The van der Waals surface area contributed by atoms with Crippen LogP contribution in [0, 0.1) is 5.82 Å². The van der Waals surface area contributed by atoms with Crippen LogP contribution in [0.4, 0.5) is 10.1 Å². The summed E-state index contributed by atoms with van der Waals surface area (Å²) in [5.74, 6) is -1.89. The number of nitrogens with one attached hydrogen (secondary N) is 1. The summed E-state index contributed by atoms with van der Waals surface area (Å²) < 4.78 is 16.1. The van der Waals surface area contributed by atoms with Crippen LogP contribution in [0.1, 0.15) is 42.6 Å². The second-order valence-electron chi connectivity index (χ2n) is 6.21. The summed E-state index contributed by atoms with van der Waals surface area (Å²) in [7, 11) is 0. The number of hydrogen-bond donors (Lipinski definition) is 3. The van der Waals surface area contributed by atoms with E-state index in [9.17, 15) is 19.1 Å². The number of pyridine rings is 1. The predicted molar refractivity (Wildman–Crippen MR) is 90.2 cm³/mol. The Kier molecular flexibility index (Phi) is 4.28. The number of fused-ring (bicyclic) bond motifs is 1. The Morgan fingerprint density at radius 3 is 2.79 bits per heavy atom. The number of aromatic carboxylic acids is 1. The lowest BCUT2D eigenvalue weighted by Crippen LogP contribution is -2.28. The van der Waals surface area contributed by atoms with Gasteiger partial charge < -0.3 is 20.7 Å². The van der Waals surface area contributed by atoms with Gasteiger partial charge in [-0.25, -0.2) is 9.18 Å². The van der Waals surface area contributed by atoms with Crippen molar-refractivity contribution >= 4 is 22.6 Å². The molecule has 1 aromatic heterocycles. The van der Waals surface area contributed by atoms with E-state index in [-0.39, 0.29) is 28.7 Å². The lowest BCUT2D eigenvalue weighted by Gasteiger charge is -2.16. The van der Waals surface area contributed by atoms with Crippen LogP contribution in [0.25, 0.3) is 10.9 Å². The zero-order chi connectivity index (χ0) is 17.4. The highest BCUT2D eigenvalue weighted by Gasteiger charge is 2.27. The Morgan fingerprint density at radius 1 is 1.50 bits per heavy atom. The van der Waals surface area contributed by atoms with Gasteiger partial charge in [-0.3, -0.25) is 4.79 Å². The molecule has 24 heavy (non-hydrogen) atoms. The number of anilines is 1. The molecule has 1 atom stereocenters. The van der Waals surface area contributed by atoms with Gasteiger partial charge in [-0.2, -0.15) is 0 Å². The number of nitrogens with two attached hydrogens (primary N) is 1. The highest BCUT2D eigenvalue weighted by atomic mass is 19.1. The molecule has 2 aromatic rings. The van der Waals surface area contributed by atoms with E-state index < -0.39 is 17.2 Å². The highest BCUT2D eigenvalue weighted by Crippen LogP contribution is 2.37. The number of hydrogen-bond acceptors (Lipinski definition) is 4. The Hall–Kier alpha value is -2.41. The summed E-state index contributed by atoms with van der Waals surface area (Å²) in [5, 5.41) is 12.3. The van der Waals surface area contributed by atoms with E-state index in [2.05, 4.69) is 5.32 Å². The Bertz CT molecular complexity index is 858. The molecule has 0 amide bonds. The van der Waals surface area contributed by atoms with Gasteiger partial charge in [-0.1, -0.05) is 6.92 Å². The molecule has 0 bridgehead atoms. The molecule has 4 N–H and O–H groups in total. The number of carbonyl (C=O) groups is 1. The van der Waals surface area contributed by atoms with Gasteiger partial charge in [0.15, 0.2) is 0 Å². The third-order valence-corrected chi connectivity index (χ3v) is 4.37. The molecule has 128 valence electrons. The van der Waals surface area contributed by atoms with Gasteiger partial charge in [0.2, 0.25) is 5.43 Å². The van der Waals surface area contributed by atoms with E-state index in [1.165, 1.54) is 6.20 Å². The smallest absolute Gasteiger partial charge is 0.341 e. The summed E-state index contributed by atoms with van der Waals surface area (Å²) in [6, 6.07) is 2.74. The average Bonchev–Trinajstić information content (AvgIpc) is 3.38. The van der Waals surface area contributed by atoms with Gasteiger partial charge in [0.1, 0.15) is 11.4 Å². The summed E-state index contributed by atoms with van der Waals surface area (Å²) in [6.07, 6.45) is 3.96. The van der Waals surface area contributed by atoms with E-state index >= 15 is 0 Å². The van der Waals surface area contributed by atoms with Gasteiger partial charge in [-0.15, -0.1) is 0 Å². The van der Waals surface area contributed by atoms with Crippen molar-refractivity contribution in [2.24, 2.45) is 5.73 Å². The molecule has 7 heteroatoms. The Labute approximate surface area is 138 Å². The number of aromatic nitrogens is 1. The largest absolute Gasteiger partial charge is 0.477 e. The molecule has 0 aliphatic heterocycles. The standard InChI is InChI=1S/C17H20FN3O3/c1-2-9(19)7-20-14-6-15-11(5-13(14)18)16(22)12(17(23)24)8-21(15)10-3-4-10/h5-6,8-10,20H,2-4,7,19H2,1H3,(H,23,24). The topological polar surface area (TPSA) is 97.3 Å². The molecule has 1 aliphatic rings. The highest BCUT2D eigenvalue weighted by molar-refractivity contribution is 5.93. The van der Waals surface area contributed by atoms with Crippen LogP contribution in [0.5, 0.6) is 0 Å². The number of carboxylic acids is 1. The van der Waals surface area contributed by atoms with Crippen LogP contribution in [0.2, 0.25) is 0 Å². The first-order valence-electron chi connectivity index (χ1n) is 8.03. The third kappa shape index (κ3) is 2.99. The lowest BCUT2D eigenvalue weighted by atomic mass is 10.1. The van der Waals surface area contributed by atoms with Crippen molar-refractivity contribution in [3.63, 3.8) is 0 Å². The fourth-order valence-corrected chi connectivity index (χ4v) is 2.70. The molecule has 0 saturated heterocycles. The maximum atomic E-state index is 14.3. The minimum absolute atomic E-state index is 0.0876. The average molecular weight is 333 g/mol. The van der Waals surface area contributed by atoms with Gasteiger partial charge >= 0.3 is 5.97 Å². The summed E-state index contributed by atoms with van der Waals surface area (Å²) >= 11 is 0. The Balaban J connectivity index is 2.14. The minimum atomic E-state index is -1.30. The lowest BCUT2D eigenvalue weighted by molar-refractivity contribution is 0.0695. The van der Waals surface area contributed by atoms with E-state index in [1.807, 2.05) is 6.92 Å². The van der Waals surface area contributed by atoms with Crippen LogP contribution >= 0.6 is 0 Å². The summed E-state index contributed by atoms with van der Waals surface area (Å²) in [4.78, 5) is 23.6. The van der Waals surface area contributed by atoms with Gasteiger partial charge in [0.25, 0.3) is 0 Å². The molecule has 1 aromatic carbocycles. The minimum Gasteiger partial charge on any atom is -0.477 e. The van der Waals surface area contributed by atoms with Crippen molar-refractivity contribution in [3.8, 4) is 0 Å². The third-order valence-electron chi connectivity index (χ3n) is 4.37. The fraction of sp³-hybridized carbons (Fsp3) is 0.412. The molecule has 1 fully saturated rings. The first-order valence-corrected chi connectivity index (χ1v) is 8.03. The molecule has 1 unspecified atom stereocenters. The second kappa shape index (κ2) is 6.24. The molecule has 0 spiro atoms. The monoisotopic (exact) mass is 333 g/mol. The molecule has 6 nitrogen and oxygen atoms in total. The zero-order valence-electron chi connectivity index (χ0n) is 13.4. The van der Waals surface area contributed by atoms with Crippen molar-refractivity contribution in [1.29, 1.82) is 0 Å². The molecule has 3 rings (SSSR count). The van der Waals surface area contributed by atoms with Crippen molar-refractivity contribution in [2.45, 2.75) is 38.3 Å². The van der Waals surface area contributed by atoms with E-state index in [1.54, 1.807) is 10.6 Å². The SMILES string of the molecule is CCC(N)CNc1cc2c(cc1F)c(=O)c(C(=O)O)cn2C1CC1. The first kappa shape index (κ1) is 16.4.